The van der Waals surface area contributed by atoms with Gasteiger partial charge in [-0.25, -0.2) is 0 Å². The Bertz CT molecular complexity index is 986. The number of nitrogens with one attached hydrogen (secondary N) is 3. The van der Waals surface area contributed by atoms with Crippen molar-refractivity contribution in [2.24, 2.45) is 0 Å². The number of hydrogen-bond donors (Lipinski definition) is 3. The minimum Gasteiger partial charge on any atom is -0.332 e. The lowest BCUT2D eigenvalue weighted by Crippen LogP contribution is -2.19. The molecule has 0 aliphatic heterocycles. The summed E-state index contributed by atoms with van der Waals surface area (Å²) in [5.41, 5.74) is 4.98. The van der Waals surface area contributed by atoms with Crippen molar-refractivity contribution < 1.29 is 4.79 Å². The maximum Gasteiger partial charge on any atom is 0.234 e. The minimum absolute atomic E-state index is 0.0335. The Kier molecular flexibility index (Phi) is 7.27. The van der Waals surface area contributed by atoms with E-state index in [9.17, 15) is 4.79 Å². The van der Waals surface area contributed by atoms with Crippen molar-refractivity contribution >= 4 is 52.1 Å². The summed E-state index contributed by atoms with van der Waals surface area (Å²) in [5.74, 6) is 0.303. The van der Waals surface area contributed by atoms with Gasteiger partial charge in [0.05, 0.1) is 5.75 Å². The standard InChI is InChI=1S/C23H23N3OS2/c1-16-6-10-18(11-7-16)24-22(27)15-29-21-5-3-4-20(14-21)26-23(28)25-19-12-8-17(2)9-13-19/h3-14H,15H2,1-2H3,(H,24,27)(H2,25,26,28). The lowest BCUT2D eigenvalue weighted by molar-refractivity contribution is -0.113. The Morgan fingerprint density at radius 3 is 1.97 bits per heavy atom. The van der Waals surface area contributed by atoms with E-state index in [2.05, 4.69) is 16.0 Å². The summed E-state index contributed by atoms with van der Waals surface area (Å²) in [5, 5.41) is 9.79. The molecule has 3 rings (SSSR count). The first-order valence-corrected chi connectivity index (χ1v) is 10.6. The minimum atomic E-state index is -0.0335. The zero-order valence-electron chi connectivity index (χ0n) is 16.4. The van der Waals surface area contributed by atoms with Crippen molar-refractivity contribution in [3.05, 3.63) is 83.9 Å². The van der Waals surface area contributed by atoms with Crippen molar-refractivity contribution in [3.63, 3.8) is 0 Å². The van der Waals surface area contributed by atoms with E-state index in [1.54, 1.807) is 0 Å². The van der Waals surface area contributed by atoms with E-state index in [-0.39, 0.29) is 5.91 Å². The molecule has 0 unspecified atom stereocenters. The molecule has 0 fully saturated rings. The van der Waals surface area contributed by atoms with Gasteiger partial charge in [0, 0.05) is 22.0 Å². The first-order valence-electron chi connectivity index (χ1n) is 9.22. The van der Waals surface area contributed by atoms with E-state index in [0.717, 1.165) is 27.5 Å². The maximum absolute atomic E-state index is 12.2. The van der Waals surface area contributed by atoms with Crippen LogP contribution in [-0.4, -0.2) is 16.8 Å². The SMILES string of the molecule is Cc1ccc(NC(=O)CSc2cccc(NC(=S)Nc3ccc(C)cc3)c2)cc1. The zero-order chi connectivity index (χ0) is 20.6. The molecule has 0 radical (unpaired) electrons. The number of thioether (sulfide) groups is 1. The summed E-state index contributed by atoms with van der Waals surface area (Å²) in [7, 11) is 0. The molecule has 0 saturated carbocycles. The second-order valence-corrected chi connectivity index (χ2v) is 8.13. The summed E-state index contributed by atoms with van der Waals surface area (Å²) < 4.78 is 0. The summed E-state index contributed by atoms with van der Waals surface area (Å²) in [6, 6.07) is 23.7. The molecular weight excluding hydrogens is 398 g/mol. The summed E-state index contributed by atoms with van der Waals surface area (Å²) in [6.07, 6.45) is 0. The average Bonchev–Trinajstić information content (AvgIpc) is 2.70. The Labute approximate surface area is 181 Å². The molecule has 3 N–H and O–H groups in total. The lowest BCUT2D eigenvalue weighted by Gasteiger charge is -2.12. The average molecular weight is 422 g/mol. The van der Waals surface area contributed by atoms with Gasteiger partial charge in [0.2, 0.25) is 5.91 Å². The molecule has 0 heterocycles. The van der Waals surface area contributed by atoms with E-state index >= 15 is 0 Å². The molecule has 6 heteroatoms. The molecule has 0 aliphatic rings. The third-order valence-corrected chi connectivity index (χ3v) is 5.30. The van der Waals surface area contributed by atoms with Crippen LogP contribution in [0.15, 0.2) is 77.7 Å². The van der Waals surface area contributed by atoms with Crippen molar-refractivity contribution in [1.82, 2.24) is 0 Å². The van der Waals surface area contributed by atoms with Crippen molar-refractivity contribution in [1.29, 1.82) is 0 Å². The predicted octanol–water partition coefficient (Wildman–Crippen LogP) is 5.84. The Morgan fingerprint density at radius 2 is 1.34 bits per heavy atom. The summed E-state index contributed by atoms with van der Waals surface area (Å²) in [4.78, 5) is 13.2. The van der Waals surface area contributed by atoms with Crippen LogP contribution < -0.4 is 16.0 Å². The number of benzene rings is 3. The van der Waals surface area contributed by atoms with Crippen LogP contribution in [0.25, 0.3) is 0 Å². The van der Waals surface area contributed by atoms with Gasteiger partial charge >= 0.3 is 0 Å². The molecule has 3 aromatic rings. The van der Waals surface area contributed by atoms with E-state index in [0.29, 0.717) is 10.9 Å². The van der Waals surface area contributed by atoms with Gasteiger partial charge in [0.15, 0.2) is 5.11 Å². The van der Waals surface area contributed by atoms with Crippen LogP contribution in [0.1, 0.15) is 11.1 Å². The Morgan fingerprint density at radius 1 is 0.793 bits per heavy atom. The third kappa shape index (κ3) is 6.93. The van der Waals surface area contributed by atoms with E-state index in [1.165, 1.54) is 17.3 Å². The zero-order valence-corrected chi connectivity index (χ0v) is 18.0. The number of carbonyl (C=O) groups excluding carboxylic acids is 1. The lowest BCUT2D eigenvalue weighted by atomic mass is 10.2. The van der Waals surface area contributed by atoms with E-state index < -0.39 is 0 Å². The third-order valence-electron chi connectivity index (χ3n) is 4.11. The van der Waals surface area contributed by atoms with Crippen molar-refractivity contribution in [3.8, 4) is 0 Å². The quantitative estimate of drug-likeness (QED) is 0.345. The smallest absolute Gasteiger partial charge is 0.234 e. The molecule has 0 atom stereocenters. The number of thiocarbonyl (C=S) groups is 1. The first kappa shape index (κ1) is 20.9. The van der Waals surface area contributed by atoms with Gasteiger partial charge in [-0.2, -0.15) is 0 Å². The van der Waals surface area contributed by atoms with Gasteiger partial charge in [-0.15, -0.1) is 11.8 Å². The van der Waals surface area contributed by atoms with Crippen LogP contribution in [0.2, 0.25) is 0 Å². The number of amides is 1. The van der Waals surface area contributed by atoms with Crippen molar-refractivity contribution in [2.75, 3.05) is 21.7 Å². The van der Waals surface area contributed by atoms with Crippen LogP contribution >= 0.6 is 24.0 Å². The molecule has 0 saturated heterocycles. The van der Waals surface area contributed by atoms with E-state index in [1.807, 2.05) is 86.6 Å². The molecular formula is C23H23N3OS2. The molecule has 0 bridgehead atoms. The molecule has 0 aliphatic carbocycles. The van der Waals surface area contributed by atoms with Crippen LogP contribution in [0, 0.1) is 13.8 Å². The maximum atomic E-state index is 12.2. The predicted molar refractivity (Wildman–Crippen MR) is 128 cm³/mol. The second kappa shape index (κ2) is 10.1. The molecule has 3 aromatic carbocycles. The molecule has 4 nitrogen and oxygen atoms in total. The largest absolute Gasteiger partial charge is 0.332 e. The first-order chi connectivity index (χ1) is 14.0. The topological polar surface area (TPSA) is 53.2 Å². The fourth-order valence-electron chi connectivity index (χ4n) is 2.58. The Hall–Kier alpha value is -2.83. The number of anilines is 3. The van der Waals surface area contributed by atoms with Gasteiger partial charge in [0.1, 0.15) is 0 Å². The molecule has 0 aromatic heterocycles. The van der Waals surface area contributed by atoms with Crippen LogP contribution in [0.3, 0.4) is 0 Å². The van der Waals surface area contributed by atoms with Gasteiger partial charge in [-0.05, 0) is 68.5 Å². The number of aryl methyl sites for hydroxylation is 2. The highest BCUT2D eigenvalue weighted by molar-refractivity contribution is 8.00. The van der Waals surface area contributed by atoms with Crippen molar-refractivity contribution in [2.45, 2.75) is 18.7 Å². The fourth-order valence-corrected chi connectivity index (χ4v) is 3.57. The highest BCUT2D eigenvalue weighted by atomic mass is 32.2. The molecule has 148 valence electrons. The van der Waals surface area contributed by atoms with Gasteiger partial charge in [-0.3, -0.25) is 4.79 Å². The Balaban J connectivity index is 1.50. The van der Waals surface area contributed by atoms with E-state index in [4.69, 9.17) is 12.2 Å². The molecule has 0 spiro atoms. The summed E-state index contributed by atoms with van der Waals surface area (Å²) in [6.45, 7) is 4.06. The number of rotatable bonds is 6. The van der Waals surface area contributed by atoms with Gasteiger partial charge < -0.3 is 16.0 Å². The number of carbonyl (C=O) groups is 1. The molecule has 29 heavy (non-hydrogen) atoms. The van der Waals surface area contributed by atoms with Crippen LogP contribution in [0.4, 0.5) is 17.1 Å². The van der Waals surface area contributed by atoms with Crippen LogP contribution in [-0.2, 0) is 4.79 Å². The summed E-state index contributed by atoms with van der Waals surface area (Å²) >= 11 is 6.87. The highest BCUT2D eigenvalue weighted by Gasteiger charge is 2.05. The molecule has 1 amide bonds. The van der Waals surface area contributed by atoms with Gasteiger partial charge in [0.25, 0.3) is 0 Å². The fraction of sp³-hybridized carbons (Fsp3) is 0.130. The number of hydrogen-bond acceptors (Lipinski definition) is 3. The van der Waals surface area contributed by atoms with Crippen LogP contribution in [0.5, 0.6) is 0 Å². The normalized spacial score (nSPS) is 10.3. The van der Waals surface area contributed by atoms with Gasteiger partial charge in [-0.1, -0.05) is 41.5 Å². The second-order valence-electron chi connectivity index (χ2n) is 6.68. The monoisotopic (exact) mass is 421 g/mol. The highest BCUT2D eigenvalue weighted by Crippen LogP contribution is 2.22.